The van der Waals surface area contributed by atoms with Crippen LogP contribution in [0.4, 0.5) is 0 Å². The SMILES string of the molecule is CCC1CC1NCc1ccccc1/C(N)=N/O. The molecule has 0 aromatic heterocycles. The first-order valence-corrected chi connectivity index (χ1v) is 6.05. The van der Waals surface area contributed by atoms with Gasteiger partial charge in [-0.2, -0.15) is 0 Å². The van der Waals surface area contributed by atoms with Gasteiger partial charge in [0.15, 0.2) is 5.84 Å². The van der Waals surface area contributed by atoms with Crippen molar-refractivity contribution in [1.29, 1.82) is 0 Å². The van der Waals surface area contributed by atoms with E-state index in [1.165, 1.54) is 12.8 Å². The summed E-state index contributed by atoms with van der Waals surface area (Å²) in [5, 5.41) is 15.3. The number of nitrogens with zero attached hydrogens (tertiary/aromatic N) is 1. The van der Waals surface area contributed by atoms with Crippen molar-refractivity contribution in [2.24, 2.45) is 16.8 Å². The van der Waals surface area contributed by atoms with Gasteiger partial charge in [-0.3, -0.25) is 0 Å². The summed E-state index contributed by atoms with van der Waals surface area (Å²) in [5.41, 5.74) is 7.52. The molecule has 17 heavy (non-hydrogen) atoms. The van der Waals surface area contributed by atoms with Crippen molar-refractivity contribution >= 4 is 5.84 Å². The summed E-state index contributed by atoms with van der Waals surface area (Å²) in [5.74, 6) is 0.997. The highest BCUT2D eigenvalue weighted by Crippen LogP contribution is 2.33. The van der Waals surface area contributed by atoms with Crippen LogP contribution in [0.3, 0.4) is 0 Å². The summed E-state index contributed by atoms with van der Waals surface area (Å²) in [6.45, 7) is 2.99. The zero-order valence-corrected chi connectivity index (χ0v) is 10.1. The van der Waals surface area contributed by atoms with Gasteiger partial charge in [0, 0.05) is 18.2 Å². The van der Waals surface area contributed by atoms with E-state index >= 15 is 0 Å². The number of nitrogens with one attached hydrogen (secondary N) is 1. The molecular weight excluding hydrogens is 214 g/mol. The molecule has 2 unspecified atom stereocenters. The summed E-state index contributed by atoms with van der Waals surface area (Å²) in [7, 11) is 0. The maximum absolute atomic E-state index is 8.73. The van der Waals surface area contributed by atoms with E-state index in [0.717, 1.165) is 23.6 Å². The molecule has 0 heterocycles. The Morgan fingerprint density at radius 1 is 1.53 bits per heavy atom. The second kappa shape index (κ2) is 5.19. The average molecular weight is 233 g/mol. The lowest BCUT2D eigenvalue weighted by molar-refractivity contribution is 0.318. The number of hydrogen-bond donors (Lipinski definition) is 3. The van der Waals surface area contributed by atoms with Gasteiger partial charge in [0.2, 0.25) is 0 Å². The second-order valence-electron chi connectivity index (χ2n) is 4.53. The van der Waals surface area contributed by atoms with Crippen LogP contribution in [-0.4, -0.2) is 17.1 Å². The third-order valence-corrected chi connectivity index (χ3v) is 3.40. The van der Waals surface area contributed by atoms with Crippen LogP contribution < -0.4 is 11.1 Å². The predicted molar refractivity (Wildman–Crippen MR) is 68.0 cm³/mol. The Balaban J connectivity index is 2.00. The normalized spacial score (nSPS) is 23.7. The fourth-order valence-electron chi connectivity index (χ4n) is 2.17. The molecule has 4 N–H and O–H groups in total. The van der Waals surface area contributed by atoms with Crippen molar-refractivity contribution in [3.63, 3.8) is 0 Å². The zero-order chi connectivity index (χ0) is 12.3. The minimum Gasteiger partial charge on any atom is -0.409 e. The van der Waals surface area contributed by atoms with Crippen LogP contribution in [0, 0.1) is 5.92 Å². The lowest BCUT2D eigenvalue weighted by Gasteiger charge is -2.09. The van der Waals surface area contributed by atoms with Crippen LogP contribution in [0.25, 0.3) is 0 Å². The van der Waals surface area contributed by atoms with E-state index in [1.54, 1.807) is 0 Å². The third-order valence-electron chi connectivity index (χ3n) is 3.40. The molecule has 0 aliphatic heterocycles. The first-order valence-electron chi connectivity index (χ1n) is 6.05. The summed E-state index contributed by atoms with van der Waals surface area (Å²) < 4.78 is 0. The minimum atomic E-state index is 0.172. The van der Waals surface area contributed by atoms with E-state index in [1.807, 2.05) is 24.3 Å². The molecule has 4 heteroatoms. The standard InChI is InChI=1S/C13H19N3O/c1-2-9-7-12(9)15-8-10-5-3-4-6-11(10)13(14)16-17/h3-6,9,12,15,17H,2,7-8H2,1H3,(H2,14,16). The van der Waals surface area contributed by atoms with Crippen LogP contribution >= 0.6 is 0 Å². The largest absolute Gasteiger partial charge is 0.409 e. The fraction of sp³-hybridized carbons (Fsp3) is 0.462. The molecule has 0 spiro atoms. The highest BCUT2D eigenvalue weighted by atomic mass is 16.4. The Morgan fingerprint density at radius 3 is 2.94 bits per heavy atom. The summed E-state index contributed by atoms with van der Waals surface area (Å²) in [6, 6.07) is 8.37. The minimum absolute atomic E-state index is 0.172. The molecule has 0 amide bonds. The summed E-state index contributed by atoms with van der Waals surface area (Å²) in [6.07, 6.45) is 2.50. The number of rotatable bonds is 5. The zero-order valence-electron chi connectivity index (χ0n) is 10.1. The molecule has 1 aromatic carbocycles. The molecule has 1 aliphatic rings. The van der Waals surface area contributed by atoms with Crippen molar-refractivity contribution in [2.75, 3.05) is 0 Å². The molecule has 0 saturated heterocycles. The Kier molecular flexibility index (Phi) is 3.64. The molecule has 0 bridgehead atoms. The summed E-state index contributed by atoms with van der Waals surface area (Å²) in [4.78, 5) is 0. The molecule has 1 saturated carbocycles. The molecule has 92 valence electrons. The third kappa shape index (κ3) is 2.77. The maximum Gasteiger partial charge on any atom is 0.170 e. The number of benzene rings is 1. The van der Waals surface area contributed by atoms with Gasteiger partial charge in [-0.1, -0.05) is 42.8 Å². The number of hydrogen-bond acceptors (Lipinski definition) is 3. The Hall–Kier alpha value is -1.55. The van der Waals surface area contributed by atoms with Crippen LogP contribution in [0.15, 0.2) is 29.4 Å². The van der Waals surface area contributed by atoms with Gasteiger partial charge in [0.05, 0.1) is 0 Å². The average Bonchev–Trinajstić information content (AvgIpc) is 3.14. The van der Waals surface area contributed by atoms with Gasteiger partial charge in [0.25, 0.3) is 0 Å². The lowest BCUT2D eigenvalue weighted by Crippen LogP contribution is -2.22. The van der Waals surface area contributed by atoms with Crippen molar-refractivity contribution < 1.29 is 5.21 Å². The van der Waals surface area contributed by atoms with E-state index in [-0.39, 0.29) is 5.84 Å². The van der Waals surface area contributed by atoms with Gasteiger partial charge in [-0.15, -0.1) is 0 Å². The van der Waals surface area contributed by atoms with E-state index in [4.69, 9.17) is 10.9 Å². The van der Waals surface area contributed by atoms with Gasteiger partial charge in [-0.25, -0.2) is 0 Å². The van der Waals surface area contributed by atoms with E-state index in [0.29, 0.717) is 6.04 Å². The number of nitrogens with two attached hydrogens (primary N) is 1. The number of amidine groups is 1. The van der Waals surface area contributed by atoms with Crippen LogP contribution in [0.2, 0.25) is 0 Å². The molecule has 2 atom stereocenters. The Bertz CT molecular complexity index is 417. The predicted octanol–water partition coefficient (Wildman–Crippen LogP) is 1.67. The molecule has 2 rings (SSSR count). The van der Waals surface area contributed by atoms with Gasteiger partial charge in [-0.05, 0) is 17.9 Å². The van der Waals surface area contributed by atoms with E-state index in [2.05, 4.69) is 17.4 Å². The van der Waals surface area contributed by atoms with Gasteiger partial charge < -0.3 is 16.3 Å². The van der Waals surface area contributed by atoms with Crippen LogP contribution in [-0.2, 0) is 6.54 Å². The second-order valence-corrected chi connectivity index (χ2v) is 4.53. The van der Waals surface area contributed by atoms with Crippen molar-refractivity contribution in [1.82, 2.24) is 5.32 Å². The summed E-state index contributed by atoms with van der Waals surface area (Å²) >= 11 is 0. The fourth-order valence-corrected chi connectivity index (χ4v) is 2.17. The molecule has 1 aromatic rings. The van der Waals surface area contributed by atoms with Crippen LogP contribution in [0.5, 0.6) is 0 Å². The van der Waals surface area contributed by atoms with E-state index < -0.39 is 0 Å². The van der Waals surface area contributed by atoms with Gasteiger partial charge >= 0.3 is 0 Å². The monoisotopic (exact) mass is 233 g/mol. The highest BCUT2D eigenvalue weighted by Gasteiger charge is 2.34. The number of oxime groups is 1. The van der Waals surface area contributed by atoms with Crippen molar-refractivity contribution in [3.05, 3.63) is 35.4 Å². The van der Waals surface area contributed by atoms with Crippen molar-refractivity contribution in [2.45, 2.75) is 32.4 Å². The lowest BCUT2D eigenvalue weighted by atomic mass is 10.1. The molecule has 1 fully saturated rings. The van der Waals surface area contributed by atoms with Gasteiger partial charge in [0.1, 0.15) is 0 Å². The molecule has 0 radical (unpaired) electrons. The first-order chi connectivity index (χ1) is 8.26. The van der Waals surface area contributed by atoms with Crippen LogP contribution in [0.1, 0.15) is 30.9 Å². The molecule has 4 nitrogen and oxygen atoms in total. The topological polar surface area (TPSA) is 70.6 Å². The van der Waals surface area contributed by atoms with E-state index in [9.17, 15) is 0 Å². The maximum atomic E-state index is 8.73. The molecular formula is C13H19N3O. The quantitative estimate of drug-likeness (QED) is 0.313. The van der Waals surface area contributed by atoms with Crippen molar-refractivity contribution in [3.8, 4) is 0 Å². The smallest absolute Gasteiger partial charge is 0.170 e. The Labute approximate surface area is 102 Å². The Morgan fingerprint density at radius 2 is 2.29 bits per heavy atom. The highest BCUT2D eigenvalue weighted by molar-refractivity contribution is 5.98. The first kappa shape index (κ1) is 11.9. The molecule has 1 aliphatic carbocycles.